The summed E-state index contributed by atoms with van der Waals surface area (Å²) < 4.78 is 0. The number of aryl methyl sites for hydroxylation is 1. The maximum absolute atomic E-state index is 12.0. The van der Waals surface area contributed by atoms with Crippen LogP contribution in [0.5, 0.6) is 0 Å². The zero-order valence-corrected chi connectivity index (χ0v) is 11.2. The summed E-state index contributed by atoms with van der Waals surface area (Å²) in [6.07, 6.45) is 0. The summed E-state index contributed by atoms with van der Waals surface area (Å²) in [6, 6.07) is 3.98. The van der Waals surface area contributed by atoms with Gasteiger partial charge in [0.15, 0.2) is 5.13 Å². The van der Waals surface area contributed by atoms with Gasteiger partial charge in [0.25, 0.3) is 11.6 Å². The second kappa shape index (κ2) is 5.63. The van der Waals surface area contributed by atoms with Gasteiger partial charge in [-0.1, -0.05) is 0 Å². The zero-order chi connectivity index (χ0) is 14.7. The molecule has 2 aromatic rings. The fourth-order valence-electron chi connectivity index (χ4n) is 1.53. The number of nitrogens with two attached hydrogens (primary N) is 1. The first kappa shape index (κ1) is 13.9. The lowest BCUT2D eigenvalue weighted by atomic mass is 10.1. The molecule has 9 heteroatoms. The largest absolute Gasteiger partial charge is 0.318 e. The third-order valence-electron chi connectivity index (χ3n) is 2.45. The number of nitrogens with zero attached hydrogens (tertiary/aromatic N) is 2. The number of thiazole rings is 1. The van der Waals surface area contributed by atoms with Gasteiger partial charge in [-0.05, 0) is 19.1 Å². The van der Waals surface area contributed by atoms with E-state index >= 15 is 0 Å². The van der Waals surface area contributed by atoms with Crippen LogP contribution in [-0.2, 0) is 0 Å². The van der Waals surface area contributed by atoms with Crippen molar-refractivity contribution < 1.29 is 9.72 Å². The van der Waals surface area contributed by atoms with Crippen molar-refractivity contribution in [1.82, 2.24) is 4.98 Å². The van der Waals surface area contributed by atoms with Crippen LogP contribution >= 0.6 is 11.3 Å². The van der Waals surface area contributed by atoms with E-state index in [0.29, 0.717) is 5.13 Å². The summed E-state index contributed by atoms with van der Waals surface area (Å²) in [7, 11) is 0. The normalized spacial score (nSPS) is 10.1. The molecule has 8 nitrogen and oxygen atoms in total. The molecule has 0 saturated heterocycles. The van der Waals surface area contributed by atoms with Crippen LogP contribution in [0.2, 0.25) is 0 Å². The number of nitrogens with one attached hydrogen (secondary N) is 2. The average molecular weight is 293 g/mol. The average Bonchev–Trinajstić information content (AvgIpc) is 2.83. The number of aromatic nitrogens is 1. The van der Waals surface area contributed by atoms with Crippen molar-refractivity contribution in [2.75, 3.05) is 10.7 Å². The van der Waals surface area contributed by atoms with E-state index in [1.54, 1.807) is 12.3 Å². The van der Waals surface area contributed by atoms with E-state index in [0.717, 1.165) is 11.8 Å². The van der Waals surface area contributed by atoms with Crippen molar-refractivity contribution >= 4 is 33.8 Å². The van der Waals surface area contributed by atoms with Crippen LogP contribution in [0.1, 0.15) is 16.1 Å². The minimum atomic E-state index is -0.612. The number of hydrogen-bond donors (Lipinski definition) is 3. The molecule has 1 heterocycles. The van der Waals surface area contributed by atoms with Crippen LogP contribution in [0.3, 0.4) is 0 Å². The second-order valence-electron chi connectivity index (χ2n) is 3.88. The highest BCUT2D eigenvalue weighted by atomic mass is 32.1. The van der Waals surface area contributed by atoms with Gasteiger partial charge in [-0.2, -0.15) is 0 Å². The van der Waals surface area contributed by atoms with Crippen molar-refractivity contribution in [2.45, 2.75) is 6.92 Å². The van der Waals surface area contributed by atoms with Crippen LogP contribution in [-0.4, -0.2) is 15.8 Å². The first-order valence-electron chi connectivity index (χ1n) is 5.50. The van der Waals surface area contributed by atoms with Crippen LogP contribution in [0, 0.1) is 17.0 Å². The van der Waals surface area contributed by atoms with Crippen LogP contribution < -0.4 is 16.6 Å². The number of rotatable bonds is 4. The molecule has 0 atom stereocenters. The van der Waals surface area contributed by atoms with Gasteiger partial charge in [-0.3, -0.25) is 26.1 Å². The number of carbonyl (C=O) groups excluding carboxylic acids is 1. The van der Waals surface area contributed by atoms with E-state index in [-0.39, 0.29) is 16.9 Å². The number of nitro groups is 1. The molecule has 1 aromatic heterocycles. The first-order chi connectivity index (χ1) is 9.51. The fraction of sp³-hybridized carbons (Fsp3) is 0.0909. The van der Waals surface area contributed by atoms with E-state index < -0.39 is 10.8 Å². The molecule has 0 bridgehead atoms. The molecule has 0 unspecified atom stereocenters. The van der Waals surface area contributed by atoms with Crippen LogP contribution in [0.4, 0.5) is 16.5 Å². The molecule has 0 spiro atoms. The molecular weight excluding hydrogens is 282 g/mol. The third kappa shape index (κ3) is 2.90. The van der Waals surface area contributed by atoms with E-state index in [1.165, 1.54) is 23.5 Å². The Morgan fingerprint density at radius 2 is 2.25 bits per heavy atom. The predicted molar refractivity (Wildman–Crippen MR) is 75.7 cm³/mol. The molecule has 20 heavy (non-hydrogen) atoms. The summed E-state index contributed by atoms with van der Waals surface area (Å²) in [5, 5.41) is 15.7. The van der Waals surface area contributed by atoms with E-state index in [4.69, 9.17) is 5.84 Å². The molecule has 0 fully saturated rings. The van der Waals surface area contributed by atoms with Crippen LogP contribution in [0.15, 0.2) is 23.6 Å². The number of nitrogen functional groups attached to an aromatic ring is 1. The number of hydrazine groups is 1. The topological polar surface area (TPSA) is 123 Å². The highest BCUT2D eigenvalue weighted by Gasteiger charge is 2.17. The SMILES string of the molecule is Cc1csc(NC(=O)c2ccc(NN)c([N+](=O)[O-])c2)n1. The highest BCUT2D eigenvalue weighted by Crippen LogP contribution is 2.25. The summed E-state index contributed by atoms with van der Waals surface area (Å²) in [5.41, 5.74) is 3.03. The molecule has 0 aliphatic rings. The van der Waals surface area contributed by atoms with Gasteiger partial charge in [-0.15, -0.1) is 11.3 Å². The van der Waals surface area contributed by atoms with E-state index in [1.807, 2.05) is 0 Å². The zero-order valence-electron chi connectivity index (χ0n) is 10.4. The molecule has 0 radical (unpaired) electrons. The fourth-order valence-corrected chi connectivity index (χ4v) is 2.21. The smallest absolute Gasteiger partial charge is 0.294 e. The van der Waals surface area contributed by atoms with Gasteiger partial charge in [0, 0.05) is 17.0 Å². The molecule has 1 aromatic carbocycles. The Labute approximate surface area is 117 Å². The Hall–Kier alpha value is -2.52. The molecule has 4 N–H and O–H groups in total. The maximum atomic E-state index is 12.0. The number of benzene rings is 1. The quantitative estimate of drug-likeness (QED) is 0.449. The molecule has 0 saturated carbocycles. The Morgan fingerprint density at radius 3 is 2.80 bits per heavy atom. The lowest BCUT2D eigenvalue weighted by molar-refractivity contribution is -0.384. The summed E-state index contributed by atoms with van der Waals surface area (Å²) in [6.45, 7) is 1.80. The predicted octanol–water partition coefficient (Wildman–Crippen LogP) is 1.90. The molecule has 104 valence electrons. The minimum absolute atomic E-state index is 0.136. The van der Waals surface area contributed by atoms with Gasteiger partial charge >= 0.3 is 0 Å². The summed E-state index contributed by atoms with van der Waals surface area (Å²) in [4.78, 5) is 26.3. The van der Waals surface area contributed by atoms with Crippen LogP contribution in [0.25, 0.3) is 0 Å². The highest BCUT2D eigenvalue weighted by molar-refractivity contribution is 7.13. The monoisotopic (exact) mass is 293 g/mol. The Bertz CT molecular complexity index is 670. The van der Waals surface area contributed by atoms with Gasteiger partial charge in [0.2, 0.25) is 0 Å². The van der Waals surface area contributed by atoms with Crippen molar-refractivity contribution in [3.05, 3.63) is 45.0 Å². The number of carbonyl (C=O) groups is 1. The van der Waals surface area contributed by atoms with Crippen molar-refractivity contribution in [3.63, 3.8) is 0 Å². The Morgan fingerprint density at radius 1 is 1.50 bits per heavy atom. The van der Waals surface area contributed by atoms with E-state index in [9.17, 15) is 14.9 Å². The second-order valence-corrected chi connectivity index (χ2v) is 4.74. The van der Waals surface area contributed by atoms with Gasteiger partial charge < -0.3 is 5.43 Å². The number of hydrogen-bond acceptors (Lipinski definition) is 7. The van der Waals surface area contributed by atoms with Gasteiger partial charge in [-0.25, -0.2) is 4.98 Å². The third-order valence-corrected chi connectivity index (χ3v) is 3.33. The van der Waals surface area contributed by atoms with Gasteiger partial charge in [0.1, 0.15) is 5.69 Å². The number of nitro benzene ring substituents is 1. The number of amides is 1. The van der Waals surface area contributed by atoms with E-state index in [2.05, 4.69) is 15.7 Å². The maximum Gasteiger partial charge on any atom is 0.294 e. The summed E-state index contributed by atoms with van der Waals surface area (Å²) >= 11 is 1.28. The lowest BCUT2D eigenvalue weighted by Crippen LogP contribution is -2.14. The molecule has 0 aliphatic carbocycles. The lowest BCUT2D eigenvalue weighted by Gasteiger charge is -2.05. The Kier molecular flexibility index (Phi) is 3.91. The van der Waals surface area contributed by atoms with Crippen molar-refractivity contribution in [2.24, 2.45) is 5.84 Å². The summed E-state index contributed by atoms with van der Waals surface area (Å²) in [5.74, 6) is 4.71. The molecule has 2 rings (SSSR count). The molecular formula is C11H11N5O3S. The standard InChI is InChI=1S/C11H11N5O3S/c1-6-5-20-11(13-6)14-10(17)7-2-3-8(15-12)9(4-7)16(18)19/h2-5,15H,12H2,1H3,(H,13,14,17). The number of anilines is 2. The molecule has 1 amide bonds. The Balaban J connectivity index is 2.26. The van der Waals surface area contributed by atoms with Gasteiger partial charge in [0.05, 0.1) is 10.6 Å². The first-order valence-corrected chi connectivity index (χ1v) is 6.37. The van der Waals surface area contributed by atoms with Crippen molar-refractivity contribution in [1.29, 1.82) is 0 Å². The molecule has 0 aliphatic heterocycles. The van der Waals surface area contributed by atoms with Crippen molar-refractivity contribution in [3.8, 4) is 0 Å². The minimum Gasteiger partial charge on any atom is -0.318 e.